The van der Waals surface area contributed by atoms with Crippen LogP contribution in [0.15, 0.2) is 0 Å². The van der Waals surface area contributed by atoms with Crippen molar-refractivity contribution in [2.45, 2.75) is 25.7 Å². The highest BCUT2D eigenvalue weighted by Gasteiger charge is 1.96. The average molecular weight is 208 g/mol. The Labute approximate surface area is 83.2 Å². The van der Waals surface area contributed by atoms with Gasteiger partial charge in [-0.05, 0) is 43.3 Å². The lowest BCUT2D eigenvalue weighted by molar-refractivity contribution is 0.369. The molecular weight excluding hydrogens is 192 g/mol. The highest BCUT2D eigenvalue weighted by Crippen LogP contribution is 2.13. The van der Waals surface area contributed by atoms with Crippen molar-refractivity contribution < 1.29 is 8.37 Å². The van der Waals surface area contributed by atoms with E-state index in [-0.39, 0.29) is 0 Å². The molecule has 2 aliphatic rings. The minimum atomic E-state index is 0.963. The lowest BCUT2D eigenvalue weighted by atomic mass is 10.3. The van der Waals surface area contributed by atoms with Crippen molar-refractivity contribution in [1.82, 2.24) is 0 Å². The Morgan fingerprint density at radius 3 is 2.00 bits per heavy atom. The summed E-state index contributed by atoms with van der Waals surface area (Å²) in [7, 11) is 0. The van der Waals surface area contributed by atoms with Crippen molar-refractivity contribution in [3.63, 3.8) is 0 Å². The van der Waals surface area contributed by atoms with E-state index in [1.807, 2.05) is 0 Å². The molecule has 0 aromatic carbocycles. The summed E-state index contributed by atoms with van der Waals surface area (Å²) >= 11 is 3.19. The molecule has 12 heavy (non-hydrogen) atoms. The van der Waals surface area contributed by atoms with Crippen molar-refractivity contribution >= 4 is 24.1 Å². The van der Waals surface area contributed by atoms with Gasteiger partial charge in [-0.15, -0.1) is 0 Å². The van der Waals surface area contributed by atoms with Crippen LogP contribution in [0.5, 0.6) is 0 Å². The van der Waals surface area contributed by atoms with Gasteiger partial charge in [0.1, 0.15) is 0 Å². The van der Waals surface area contributed by atoms with Gasteiger partial charge in [-0.25, -0.2) is 0 Å². The Balaban J connectivity index is 0.000000127. The van der Waals surface area contributed by atoms with Crippen LogP contribution < -0.4 is 0 Å². The summed E-state index contributed by atoms with van der Waals surface area (Å²) in [6, 6.07) is 0. The Bertz CT molecular complexity index is 69.8. The first-order chi connectivity index (χ1) is 6.00. The summed E-state index contributed by atoms with van der Waals surface area (Å²) in [6.07, 6.45) is 5.19. The molecule has 0 unspecified atom stereocenters. The molecular formula is C8H16O2S2. The second-order valence-electron chi connectivity index (χ2n) is 2.70. The first-order valence-electron chi connectivity index (χ1n) is 4.49. The van der Waals surface area contributed by atoms with Gasteiger partial charge in [0, 0.05) is 11.5 Å². The zero-order chi connectivity index (χ0) is 8.49. The van der Waals surface area contributed by atoms with Crippen LogP contribution in [0, 0.1) is 0 Å². The van der Waals surface area contributed by atoms with Crippen LogP contribution in [-0.4, -0.2) is 24.7 Å². The maximum atomic E-state index is 5.11. The quantitative estimate of drug-likeness (QED) is 0.570. The molecule has 0 spiro atoms. The molecule has 72 valence electrons. The van der Waals surface area contributed by atoms with Crippen LogP contribution in [-0.2, 0) is 8.37 Å². The molecule has 0 aromatic rings. The summed E-state index contributed by atoms with van der Waals surface area (Å²) in [4.78, 5) is 0. The van der Waals surface area contributed by atoms with Crippen molar-refractivity contribution in [2.75, 3.05) is 24.7 Å². The van der Waals surface area contributed by atoms with Gasteiger partial charge in [0.05, 0.1) is 13.2 Å². The normalized spacial score (nSPS) is 24.0. The number of rotatable bonds is 0. The fraction of sp³-hybridized carbons (Fsp3) is 1.00. The van der Waals surface area contributed by atoms with Crippen LogP contribution in [0.25, 0.3) is 0 Å². The summed E-state index contributed by atoms with van der Waals surface area (Å²) < 4.78 is 9.97. The lowest BCUT2D eigenvalue weighted by Crippen LogP contribution is -1.79. The second kappa shape index (κ2) is 8.23. The lowest BCUT2D eigenvalue weighted by Gasteiger charge is -1.89. The van der Waals surface area contributed by atoms with E-state index in [1.54, 1.807) is 24.1 Å². The third-order valence-corrected chi connectivity index (χ3v) is 3.15. The van der Waals surface area contributed by atoms with Gasteiger partial charge >= 0.3 is 0 Å². The van der Waals surface area contributed by atoms with Crippen molar-refractivity contribution in [3.8, 4) is 0 Å². The SMILES string of the molecule is C1CCOSCC1.C1COSC1. The monoisotopic (exact) mass is 208 g/mol. The second-order valence-corrected chi connectivity index (χ2v) is 4.46. The topological polar surface area (TPSA) is 18.5 Å². The Hall–Kier alpha value is 0.620. The fourth-order valence-electron chi connectivity index (χ4n) is 0.911. The maximum absolute atomic E-state index is 5.11. The molecule has 0 atom stereocenters. The first kappa shape index (κ1) is 10.7. The third-order valence-electron chi connectivity index (χ3n) is 1.58. The predicted molar refractivity (Wildman–Crippen MR) is 55.3 cm³/mol. The Kier molecular flexibility index (Phi) is 7.34. The molecule has 0 aromatic heterocycles. The van der Waals surface area contributed by atoms with Gasteiger partial charge in [0.25, 0.3) is 0 Å². The van der Waals surface area contributed by atoms with Crippen LogP contribution in [0.3, 0.4) is 0 Å². The Morgan fingerprint density at radius 2 is 1.33 bits per heavy atom. The van der Waals surface area contributed by atoms with Crippen LogP contribution in [0.2, 0.25) is 0 Å². The largest absolute Gasteiger partial charge is 0.315 e. The summed E-state index contributed by atoms with van der Waals surface area (Å²) in [5.41, 5.74) is 0. The molecule has 0 amide bonds. The Morgan fingerprint density at radius 1 is 0.667 bits per heavy atom. The molecule has 2 heterocycles. The first-order valence-corrected chi connectivity index (χ1v) is 6.31. The van der Waals surface area contributed by atoms with Gasteiger partial charge in [-0.1, -0.05) is 6.42 Å². The van der Waals surface area contributed by atoms with Crippen molar-refractivity contribution in [2.24, 2.45) is 0 Å². The molecule has 2 rings (SSSR count). The van der Waals surface area contributed by atoms with Gasteiger partial charge in [-0.2, -0.15) is 0 Å². The van der Waals surface area contributed by atoms with E-state index in [2.05, 4.69) is 0 Å². The molecule has 0 saturated carbocycles. The van der Waals surface area contributed by atoms with E-state index < -0.39 is 0 Å². The van der Waals surface area contributed by atoms with E-state index in [0.717, 1.165) is 13.2 Å². The highest BCUT2D eigenvalue weighted by molar-refractivity contribution is 7.94. The third kappa shape index (κ3) is 6.17. The minimum absolute atomic E-state index is 0.963. The summed E-state index contributed by atoms with van der Waals surface area (Å²) in [5.74, 6) is 2.39. The molecule has 0 radical (unpaired) electrons. The average Bonchev–Trinajstić information content (AvgIpc) is 2.54. The summed E-state index contributed by atoms with van der Waals surface area (Å²) in [5, 5.41) is 0. The van der Waals surface area contributed by atoms with E-state index >= 15 is 0 Å². The van der Waals surface area contributed by atoms with Crippen molar-refractivity contribution in [1.29, 1.82) is 0 Å². The molecule has 0 aliphatic carbocycles. The van der Waals surface area contributed by atoms with E-state index in [0.29, 0.717) is 0 Å². The van der Waals surface area contributed by atoms with Gasteiger partial charge in [0.15, 0.2) is 0 Å². The van der Waals surface area contributed by atoms with Crippen LogP contribution in [0.1, 0.15) is 25.7 Å². The standard InChI is InChI=1S/C5H10OS.C3H6OS/c1-2-4-6-7-5-3-1;1-2-4-5-3-1/h1-5H2;1-3H2. The number of hydrogen-bond donors (Lipinski definition) is 0. The van der Waals surface area contributed by atoms with E-state index in [9.17, 15) is 0 Å². The van der Waals surface area contributed by atoms with Crippen LogP contribution >= 0.6 is 24.1 Å². The van der Waals surface area contributed by atoms with Gasteiger partial charge < -0.3 is 8.37 Å². The molecule has 4 heteroatoms. The molecule has 2 fully saturated rings. The van der Waals surface area contributed by atoms with Gasteiger partial charge in [0.2, 0.25) is 0 Å². The predicted octanol–water partition coefficient (Wildman–Crippen LogP) is 2.89. The smallest absolute Gasteiger partial charge is 0.0622 e. The van der Waals surface area contributed by atoms with E-state index in [4.69, 9.17) is 8.37 Å². The van der Waals surface area contributed by atoms with Gasteiger partial charge in [-0.3, -0.25) is 0 Å². The van der Waals surface area contributed by atoms with Crippen molar-refractivity contribution in [3.05, 3.63) is 0 Å². The number of hydrogen-bond acceptors (Lipinski definition) is 4. The maximum Gasteiger partial charge on any atom is 0.0622 e. The molecule has 0 N–H and O–H groups in total. The molecule has 2 nitrogen and oxygen atoms in total. The molecule has 2 aliphatic heterocycles. The fourth-order valence-corrected chi connectivity index (χ4v) is 2.18. The van der Waals surface area contributed by atoms with E-state index in [1.165, 1.54) is 37.2 Å². The zero-order valence-corrected chi connectivity index (χ0v) is 8.92. The molecule has 0 bridgehead atoms. The minimum Gasteiger partial charge on any atom is -0.315 e. The summed E-state index contributed by atoms with van der Waals surface area (Å²) in [6.45, 7) is 1.93. The zero-order valence-electron chi connectivity index (χ0n) is 7.29. The highest BCUT2D eigenvalue weighted by atomic mass is 32.2. The van der Waals surface area contributed by atoms with Crippen LogP contribution in [0.4, 0.5) is 0 Å². The molecule has 2 saturated heterocycles.